The summed E-state index contributed by atoms with van der Waals surface area (Å²) in [6.45, 7) is 0.204. The van der Waals surface area contributed by atoms with Gasteiger partial charge in [-0.05, 0) is 27.6 Å². The maximum absolute atomic E-state index is 11.6. The van der Waals surface area contributed by atoms with Gasteiger partial charge in [0.25, 0.3) is 11.8 Å². The van der Waals surface area contributed by atoms with Crippen LogP contribution < -0.4 is 10.9 Å². The Labute approximate surface area is 130 Å². The maximum atomic E-state index is 11.6. The van der Waals surface area contributed by atoms with Crippen LogP contribution in [-0.2, 0) is 16.1 Å². The SMILES string of the molecule is O=C(COCc1ccccc1)NNC(=O)c1cc(Br)c[nH]1. The van der Waals surface area contributed by atoms with E-state index in [0.29, 0.717) is 12.3 Å². The van der Waals surface area contributed by atoms with Gasteiger partial charge in [-0.2, -0.15) is 0 Å². The minimum absolute atomic E-state index is 0.135. The van der Waals surface area contributed by atoms with Gasteiger partial charge in [0, 0.05) is 10.7 Å². The molecule has 7 heteroatoms. The van der Waals surface area contributed by atoms with Crippen LogP contribution in [0.4, 0.5) is 0 Å². The molecule has 110 valence electrons. The van der Waals surface area contributed by atoms with Crippen molar-refractivity contribution in [3.8, 4) is 0 Å². The third-order valence-corrected chi connectivity index (χ3v) is 3.01. The second kappa shape index (κ2) is 7.61. The molecule has 0 unspecified atom stereocenters. The summed E-state index contributed by atoms with van der Waals surface area (Å²) in [6, 6.07) is 11.1. The first kappa shape index (κ1) is 15.3. The highest BCUT2D eigenvalue weighted by atomic mass is 79.9. The van der Waals surface area contributed by atoms with Crippen molar-refractivity contribution in [3.05, 3.63) is 58.3 Å². The summed E-state index contributed by atoms with van der Waals surface area (Å²) in [5.41, 5.74) is 5.89. The van der Waals surface area contributed by atoms with Gasteiger partial charge in [0.1, 0.15) is 12.3 Å². The molecule has 2 amide bonds. The van der Waals surface area contributed by atoms with Crippen LogP contribution in [0.1, 0.15) is 16.1 Å². The summed E-state index contributed by atoms with van der Waals surface area (Å²) in [7, 11) is 0. The van der Waals surface area contributed by atoms with E-state index in [4.69, 9.17) is 4.74 Å². The highest BCUT2D eigenvalue weighted by molar-refractivity contribution is 9.10. The molecule has 0 fully saturated rings. The molecule has 1 heterocycles. The number of amides is 2. The normalized spacial score (nSPS) is 10.1. The van der Waals surface area contributed by atoms with Crippen molar-refractivity contribution < 1.29 is 14.3 Å². The van der Waals surface area contributed by atoms with Crippen LogP contribution >= 0.6 is 15.9 Å². The molecule has 0 atom stereocenters. The summed E-state index contributed by atoms with van der Waals surface area (Å²) >= 11 is 3.22. The van der Waals surface area contributed by atoms with E-state index in [-0.39, 0.29) is 6.61 Å². The lowest BCUT2D eigenvalue weighted by Crippen LogP contribution is -2.43. The molecule has 0 aliphatic rings. The molecule has 2 rings (SSSR count). The van der Waals surface area contributed by atoms with Gasteiger partial charge in [0.05, 0.1) is 6.61 Å². The third-order valence-electron chi connectivity index (χ3n) is 2.55. The number of hydrogen-bond donors (Lipinski definition) is 3. The quantitative estimate of drug-likeness (QED) is 0.717. The minimum atomic E-state index is -0.433. The minimum Gasteiger partial charge on any atom is -0.367 e. The first-order valence-corrected chi connectivity index (χ1v) is 6.99. The number of aromatic amines is 1. The maximum Gasteiger partial charge on any atom is 0.286 e. The van der Waals surface area contributed by atoms with Crippen LogP contribution in [0.25, 0.3) is 0 Å². The van der Waals surface area contributed by atoms with E-state index in [1.54, 1.807) is 12.3 Å². The van der Waals surface area contributed by atoms with E-state index in [2.05, 4.69) is 31.8 Å². The predicted octanol–water partition coefficient (Wildman–Crippen LogP) is 1.75. The first-order chi connectivity index (χ1) is 10.1. The molecule has 0 saturated heterocycles. The Morgan fingerprint density at radius 3 is 2.62 bits per heavy atom. The van der Waals surface area contributed by atoms with Crippen LogP contribution in [0.2, 0.25) is 0 Å². The lowest BCUT2D eigenvalue weighted by molar-refractivity contribution is -0.126. The summed E-state index contributed by atoms with van der Waals surface area (Å²) in [5.74, 6) is -0.859. The molecule has 1 aromatic carbocycles. The average Bonchev–Trinajstić information content (AvgIpc) is 2.92. The molecule has 0 spiro atoms. The van der Waals surface area contributed by atoms with Gasteiger partial charge in [-0.25, -0.2) is 0 Å². The van der Waals surface area contributed by atoms with E-state index >= 15 is 0 Å². The number of aromatic nitrogens is 1. The molecule has 0 aliphatic carbocycles. The van der Waals surface area contributed by atoms with E-state index < -0.39 is 11.8 Å². The summed E-state index contributed by atoms with van der Waals surface area (Å²) in [4.78, 5) is 25.9. The monoisotopic (exact) mass is 351 g/mol. The zero-order chi connectivity index (χ0) is 15.1. The molecule has 2 aromatic rings. The van der Waals surface area contributed by atoms with E-state index in [1.165, 1.54) is 0 Å². The molecular formula is C14H14BrN3O3. The Morgan fingerprint density at radius 2 is 1.95 bits per heavy atom. The molecule has 21 heavy (non-hydrogen) atoms. The van der Waals surface area contributed by atoms with Crippen LogP contribution in [0.15, 0.2) is 47.1 Å². The van der Waals surface area contributed by atoms with E-state index in [1.807, 2.05) is 30.3 Å². The molecule has 0 radical (unpaired) electrons. The highest BCUT2D eigenvalue weighted by Crippen LogP contribution is 2.09. The smallest absolute Gasteiger partial charge is 0.286 e. The summed E-state index contributed by atoms with van der Waals surface area (Å²) in [5, 5.41) is 0. The highest BCUT2D eigenvalue weighted by Gasteiger charge is 2.09. The van der Waals surface area contributed by atoms with Crippen LogP contribution in [0.3, 0.4) is 0 Å². The molecule has 1 aromatic heterocycles. The lowest BCUT2D eigenvalue weighted by Gasteiger charge is -2.07. The Balaban J connectivity index is 1.67. The van der Waals surface area contributed by atoms with Crippen molar-refractivity contribution in [1.82, 2.24) is 15.8 Å². The number of benzene rings is 1. The Bertz CT molecular complexity index is 613. The number of halogens is 1. The molecule has 6 nitrogen and oxygen atoms in total. The van der Waals surface area contributed by atoms with Gasteiger partial charge in [0.15, 0.2) is 0 Å². The van der Waals surface area contributed by atoms with E-state index in [0.717, 1.165) is 10.0 Å². The number of H-pyrrole nitrogens is 1. The van der Waals surface area contributed by atoms with Crippen molar-refractivity contribution in [2.45, 2.75) is 6.61 Å². The molecule has 0 bridgehead atoms. The zero-order valence-corrected chi connectivity index (χ0v) is 12.6. The van der Waals surface area contributed by atoms with Crippen molar-refractivity contribution in [2.24, 2.45) is 0 Å². The number of ether oxygens (including phenoxy) is 1. The first-order valence-electron chi connectivity index (χ1n) is 6.20. The fourth-order valence-electron chi connectivity index (χ4n) is 1.56. The molecule has 3 N–H and O–H groups in total. The van der Waals surface area contributed by atoms with Crippen molar-refractivity contribution in [2.75, 3.05) is 6.61 Å². The summed E-state index contributed by atoms with van der Waals surface area (Å²) in [6.07, 6.45) is 1.62. The molecule has 0 saturated carbocycles. The Morgan fingerprint density at radius 1 is 1.19 bits per heavy atom. The second-order valence-electron chi connectivity index (χ2n) is 4.21. The van der Waals surface area contributed by atoms with Gasteiger partial charge < -0.3 is 9.72 Å². The van der Waals surface area contributed by atoms with Gasteiger partial charge in [-0.3, -0.25) is 20.4 Å². The summed E-state index contributed by atoms with van der Waals surface area (Å²) < 4.78 is 6.00. The Kier molecular flexibility index (Phi) is 5.53. The molecule has 0 aliphatic heterocycles. The third kappa shape index (κ3) is 5.05. The topological polar surface area (TPSA) is 83.2 Å². The van der Waals surface area contributed by atoms with Crippen molar-refractivity contribution in [3.63, 3.8) is 0 Å². The predicted molar refractivity (Wildman–Crippen MR) is 80.2 cm³/mol. The fourth-order valence-corrected chi connectivity index (χ4v) is 1.91. The number of carbonyl (C=O) groups excluding carboxylic acids is 2. The van der Waals surface area contributed by atoms with Gasteiger partial charge in [-0.15, -0.1) is 0 Å². The number of hydrogen-bond acceptors (Lipinski definition) is 3. The van der Waals surface area contributed by atoms with Crippen LogP contribution in [0, 0.1) is 0 Å². The average molecular weight is 352 g/mol. The Hall–Kier alpha value is -2.12. The molecular weight excluding hydrogens is 338 g/mol. The number of hydrazine groups is 1. The largest absolute Gasteiger partial charge is 0.367 e. The second-order valence-corrected chi connectivity index (χ2v) is 5.13. The van der Waals surface area contributed by atoms with Crippen LogP contribution in [0.5, 0.6) is 0 Å². The van der Waals surface area contributed by atoms with Gasteiger partial charge in [-0.1, -0.05) is 30.3 Å². The zero-order valence-electron chi connectivity index (χ0n) is 11.1. The van der Waals surface area contributed by atoms with Crippen molar-refractivity contribution >= 4 is 27.7 Å². The number of rotatable bonds is 5. The van der Waals surface area contributed by atoms with Crippen LogP contribution in [-0.4, -0.2) is 23.4 Å². The number of nitrogens with one attached hydrogen (secondary N) is 3. The number of carbonyl (C=O) groups is 2. The lowest BCUT2D eigenvalue weighted by atomic mass is 10.2. The van der Waals surface area contributed by atoms with Crippen molar-refractivity contribution in [1.29, 1.82) is 0 Å². The standard InChI is InChI=1S/C14H14BrN3O3/c15-11-6-12(16-7-11)14(20)18-17-13(19)9-21-8-10-4-2-1-3-5-10/h1-7,16H,8-9H2,(H,17,19)(H,18,20). The van der Waals surface area contributed by atoms with Gasteiger partial charge >= 0.3 is 0 Å². The van der Waals surface area contributed by atoms with Gasteiger partial charge in [0.2, 0.25) is 0 Å². The fraction of sp³-hybridized carbons (Fsp3) is 0.143. The van der Waals surface area contributed by atoms with E-state index in [9.17, 15) is 9.59 Å².